The van der Waals surface area contributed by atoms with E-state index >= 15 is 0 Å². The monoisotopic (exact) mass is 320 g/mol. The molecule has 5 heteroatoms. The SMILES string of the molecule is Cc1ccc2ncc(C=O)c(Nc3ccc(C(C)(C)N)cc3)c2n1. The van der Waals surface area contributed by atoms with Crippen LogP contribution in [0.3, 0.4) is 0 Å². The van der Waals surface area contributed by atoms with E-state index in [2.05, 4.69) is 15.3 Å². The molecule has 0 aliphatic carbocycles. The second-order valence-electron chi connectivity index (χ2n) is 6.45. The lowest BCUT2D eigenvalue weighted by Gasteiger charge is -2.19. The lowest BCUT2D eigenvalue weighted by molar-refractivity contribution is 0.112. The summed E-state index contributed by atoms with van der Waals surface area (Å²) in [4.78, 5) is 20.2. The van der Waals surface area contributed by atoms with Gasteiger partial charge in [0.05, 0.1) is 16.8 Å². The Morgan fingerprint density at radius 2 is 1.83 bits per heavy atom. The van der Waals surface area contributed by atoms with Crippen LogP contribution in [0.5, 0.6) is 0 Å². The van der Waals surface area contributed by atoms with Gasteiger partial charge in [-0.05, 0) is 50.6 Å². The summed E-state index contributed by atoms with van der Waals surface area (Å²) in [5.74, 6) is 0. The third kappa shape index (κ3) is 3.12. The molecular weight excluding hydrogens is 300 g/mol. The second-order valence-corrected chi connectivity index (χ2v) is 6.45. The Kier molecular flexibility index (Phi) is 4.03. The van der Waals surface area contributed by atoms with E-state index in [9.17, 15) is 4.79 Å². The third-order valence-corrected chi connectivity index (χ3v) is 3.91. The lowest BCUT2D eigenvalue weighted by atomic mass is 9.95. The van der Waals surface area contributed by atoms with E-state index in [4.69, 9.17) is 5.73 Å². The maximum Gasteiger partial charge on any atom is 0.153 e. The Labute approximate surface area is 140 Å². The highest BCUT2D eigenvalue weighted by Crippen LogP contribution is 2.28. The van der Waals surface area contributed by atoms with E-state index in [1.807, 2.05) is 57.2 Å². The molecule has 2 heterocycles. The fourth-order valence-corrected chi connectivity index (χ4v) is 2.53. The average molecular weight is 320 g/mol. The van der Waals surface area contributed by atoms with E-state index < -0.39 is 5.54 Å². The van der Waals surface area contributed by atoms with Crippen molar-refractivity contribution in [2.45, 2.75) is 26.3 Å². The van der Waals surface area contributed by atoms with Gasteiger partial charge in [0.25, 0.3) is 0 Å². The van der Waals surface area contributed by atoms with Gasteiger partial charge in [0.15, 0.2) is 6.29 Å². The van der Waals surface area contributed by atoms with Crippen LogP contribution in [0.1, 0.15) is 35.5 Å². The molecule has 0 saturated carbocycles. The van der Waals surface area contributed by atoms with Gasteiger partial charge in [-0.25, -0.2) is 4.98 Å². The van der Waals surface area contributed by atoms with Gasteiger partial charge < -0.3 is 11.1 Å². The highest BCUT2D eigenvalue weighted by atomic mass is 16.1. The fourth-order valence-electron chi connectivity index (χ4n) is 2.53. The zero-order chi connectivity index (χ0) is 17.3. The summed E-state index contributed by atoms with van der Waals surface area (Å²) >= 11 is 0. The molecule has 122 valence electrons. The van der Waals surface area contributed by atoms with Crippen molar-refractivity contribution >= 4 is 28.7 Å². The van der Waals surface area contributed by atoms with E-state index in [-0.39, 0.29) is 0 Å². The first-order valence-corrected chi connectivity index (χ1v) is 7.76. The zero-order valence-corrected chi connectivity index (χ0v) is 14.0. The Hall–Kier alpha value is -2.79. The highest BCUT2D eigenvalue weighted by molar-refractivity contribution is 5.99. The number of aromatic nitrogens is 2. The number of carbonyl (C=O) groups is 1. The molecule has 0 aliphatic rings. The van der Waals surface area contributed by atoms with Gasteiger partial charge in [-0.15, -0.1) is 0 Å². The quantitative estimate of drug-likeness (QED) is 0.717. The maximum absolute atomic E-state index is 11.4. The molecule has 0 radical (unpaired) electrons. The first kappa shape index (κ1) is 16.1. The van der Waals surface area contributed by atoms with Crippen molar-refractivity contribution < 1.29 is 4.79 Å². The van der Waals surface area contributed by atoms with E-state index in [1.165, 1.54) is 0 Å². The molecule has 0 fully saturated rings. The van der Waals surface area contributed by atoms with Gasteiger partial charge in [0, 0.05) is 23.1 Å². The summed E-state index contributed by atoms with van der Waals surface area (Å²) in [6, 6.07) is 11.6. The van der Waals surface area contributed by atoms with Crippen LogP contribution in [0, 0.1) is 6.92 Å². The summed E-state index contributed by atoms with van der Waals surface area (Å²) in [5, 5.41) is 3.30. The first-order chi connectivity index (χ1) is 11.4. The van der Waals surface area contributed by atoms with E-state index in [1.54, 1.807) is 6.20 Å². The summed E-state index contributed by atoms with van der Waals surface area (Å²) in [6.45, 7) is 5.83. The lowest BCUT2D eigenvalue weighted by Crippen LogP contribution is -2.28. The normalized spacial score (nSPS) is 11.5. The molecular formula is C19H20N4O. The van der Waals surface area contributed by atoms with Crippen molar-refractivity contribution in [1.29, 1.82) is 0 Å². The molecule has 5 nitrogen and oxygen atoms in total. The number of carbonyl (C=O) groups excluding carboxylic acids is 1. The third-order valence-electron chi connectivity index (χ3n) is 3.91. The number of nitrogens with two attached hydrogens (primary N) is 1. The van der Waals surface area contributed by atoms with Crippen molar-refractivity contribution in [2.75, 3.05) is 5.32 Å². The molecule has 0 aliphatic heterocycles. The van der Waals surface area contributed by atoms with E-state index in [0.717, 1.165) is 28.7 Å². The van der Waals surface area contributed by atoms with Crippen LogP contribution in [-0.4, -0.2) is 16.3 Å². The number of pyridine rings is 2. The second kappa shape index (κ2) is 6.02. The molecule has 1 aromatic carbocycles. The van der Waals surface area contributed by atoms with Gasteiger partial charge in [0.2, 0.25) is 0 Å². The standard InChI is InChI=1S/C19H20N4O/c1-12-4-9-16-18(22-12)17(13(11-24)10-21-16)23-15-7-5-14(6-8-15)19(2,3)20/h4-11H,20H2,1-3H3,(H,21,23). The molecule has 0 unspecified atom stereocenters. The molecule has 0 atom stereocenters. The van der Waals surface area contributed by atoms with Crippen LogP contribution in [0.2, 0.25) is 0 Å². The number of aryl methyl sites for hydroxylation is 1. The van der Waals surface area contributed by atoms with Crippen molar-refractivity contribution in [2.24, 2.45) is 5.73 Å². The minimum atomic E-state index is -0.394. The molecule has 3 N–H and O–H groups in total. The van der Waals surface area contributed by atoms with Crippen LogP contribution in [0.25, 0.3) is 11.0 Å². The largest absolute Gasteiger partial charge is 0.353 e. The van der Waals surface area contributed by atoms with Crippen LogP contribution in [0.15, 0.2) is 42.6 Å². The Balaban J connectivity index is 2.05. The topological polar surface area (TPSA) is 80.9 Å². The van der Waals surface area contributed by atoms with E-state index in [0.29, 0.717) is 16.8 Å². The number of fused-ring (bicyclic) bond motifs is 1. The number of aldehydes is 1. The minimum Gasteiger partial charge on any atom is -0.353 e. The van der Waals surface area contributed by atoms with Crippen LogP contribution < -0.4 is 11.1 Å². The molecule has 3 rings (SSSR count). The summed E-state index contributed by atoms with van der Waals surface area (Å²) in [6.07, 6.45) is 2.35. The Morgan fingerprint density at radius 1 is 1.12 bits per heavy atom. The smallest absolute Gasteiger partial charge is 0.153 e. The molecule has 0 bridgehead atoms. The summed E-state index contributed by atoms with van der Waals surface area (Å²) < 4.78 is 0. The number of hydrogen-bond donors (Lipinski definition) is 2. The van der Waals surface area contributed by atoms with Gasteiger partial charge in [0.1, 0.15) is 5.52 Å². The highest BCUT2D eigenvalue weighted by Gasteiger charge is 2.14. The predicted molar refractivity (Wildman–Crippen MR) is 96.6 cm³/mol. The summed E-state index contributed by atoms with van der Waals surface area (Å²) in [7, 11) is 0. The fraction of sp³-hybridized carbons (Fsp3) is 0.211. The number of nitrogens with zero attached hydrogens (tertiary/aromatic N) is 2. The van der Waals surface area contributed by atoms with Gasteiger partial charge >= 0.3 is 0 Å². The number of nitrogens with one attached hydrogen (secondary N) is 1. The van der Waals surface area contributed by atoms with Crippen molar-refractivity contribution in [3.05, 3.63) is 59.4 Å². The van der Waals surface area contributed by atoms with Crippen molar-refractivity contribution in [1.82, 2.24) is 9.97 Å². The van der Waals surface area contributed by atoms with Crippen LogP contribution >= 0.6 is 0 Å². The van der Waals surface area contributed by atoms with Gasteiger partial charge in [-0.2, -0.15) is 0 Å². The van der Waals surface area contributed by atoms with Crippen LogP contribution in [-0.2, 0) is 5.54 Å². The molecule has 3 aromatic rings. The van der Waals surface area contributed by atoms with Gasteiger partial charge in [-0.3, -0.25) is 9.78 Å². The number of anilines is 2. The minimum absolute atomic E-state index is 0.394. The maximum atomic E-state index is 11.4. The molecule has 0 amide bonds. The number of benzene rings is 1. The Morgan fingerprint density at radius 3 is 2.46 bits per heavy atom. The predicted octanol–water partition coefficient (Wildman–Crippen LogP) is 3.69. The molecule has 2 aromatic heterocycles. The van der Waals surface area contributed by atoms with Crippen molar-refractivity contribution in [3.8, 4) is 0 Å². The van der Waals surface area contributed by atoms with Gasteiger partial charge in [-0.1, -0.05) is 12.1 Å². The number of hydrogen-bond acceptors (Lipinski definition) is 5. The zero-order valence-electron chi connectivity index (χ0n) is 14.0. The van der Waals surface area contributed by atoms with Crippen LogP contribution in [0.4, 0.5) is 11.4 Å². The Bertz CT molecular complexity index is 896. The molecule has 0 saturated heterocycles. The number of rotatable bonds is 4. The molecule has 24 heavy (non-hydrogen) atoms. The molecule has 0 spiro atoms. The summed E-state index contributed by atoms with van der Waals surface area (Å²) in [5.41, 5.74) is 11.1. The van der Waals surface area contributed by atoms with Crippen molar-refractivity contribution in [3.63, 3.8) is 0 Å². The average Bonchev–Trinajstić information content (AvgIpc) is 2.55. The first-order valence-electron chi connectivity index (χ1n) is 7.76.